The molecule has 0 spiro atoms. The third kappa shape index (κ3) is 4.18. The van der Waals surface area contributed by atoms with Gasteiger partial charge in [0, 0.05) is 26.1 Å². The van der Waals surface area contributed by atoms with Crippen LogP contribution in [-0.4, -0.2) is 50.7 Å². The summed E-state index contributed by atoms with van der Waals surface area (Å²) in [6.07, 6.45) is 1.94. The minimum atomic E-state index is 0.220. The molecule has 1 heterocycles. The number of rotatable bonds is 5. The Morgan fingerprint density at radius 2 is 2.13 bits per heavy atom. The summed E-state index contributed by atoms with van der Waals surface area (Å²) in [6, 6.07) is 0. The Hall–Kier alpha value is -0.610. The third-order valence-corrected chi connectivity index (χ3v) is 2.84. The van der Waals surface area contributed by atoms with Crippen molar-refractivity contribution < 1.29 is 9.53 Å². The minimum absolute atomic E-state index is 0.220. The molecule has 0 atom stereocenters. The predicted octanol–water partition coefficient (Wildman–Crippen LogP) is 0.481. The maximum absolute atomic E-state index is 11.9. The van der Waals surface area contributed by atoms with Crippen LogP contribution in [0.1, 0.15) is 19.8 Å². The van der Waals surface area contributed by atoms with E-state index in [1.807, 2.05) is 14.0 Å². The molecule has 0 aromatic carbocycles. The SMILES string of the molecule is CCOCCN(C)C(=O)C1CCNCC1. The molecule has 1 fully saturated rings. The third-order valence-electron chi connectivity index (χ3n) is 2.84. The first-order valence-corrected chi connectivity index (χ1v) is 5.79. The van der Waals surface area contributed by atoms with Crippen LogP contribution in [-0.2, 0) is 9.53 Å². The molecule has 0 radical (unpaired) electrons. The van der Waals surface area contributed by atoms with Crippen LogP contribution in [0.4, 0.5) is 0 Å². The number of nitrogens with zero attached hydrogens (tertiary/aromatic N) is 1. The van der Waals surface area contributed by atoms with Crippen molar-refractivity contribution >= 4 is 5.91 Å². The molecule has 0 aliphatic carbocycles. The number of carbonyl (C=O) groups is 1. The molecule has 4 nitrogen and oxygen atoms in total. The van der Waals surface area contributed by atoms with Crippen LogP contribution in [0.3, 0.4) is 0 Å². The lowest BCUT2D eigenvalue weighted by Crippen LogP contribution is -2.40. The van der Waals surface area contributed by atoms with Crippen LogP contribution in [0.5, 0.6) is 0 Å². The van der Waals surface area contributed by atoms with Gasteiger partial charge in [-0.2, -0.15) is 0 Å². The zero-order valence-corrected chi connectivity index (χ0v) is 9.79. The fourth-order valence-electron chi connectivity index (χ4n) is 1.84. The summed E-state index contributed by atoms with van der Waals surface area (Å²) in [5.41, 5.74) is 0. The molecule has 1 rings (SSSR count). The Labute approximate surface area is 92.0 Å². The van der Waals surface area contributed by atoms with Gasteiger partial charge in [0.2, 0.25) is 5.91 Å². The Balaban J connectivity index is 2.24. The van der Waals surface area contributed by atoms with Gasteiger partial charge in [0.15, 0.2) is 0 Å². The predicted molar refractivity (Wildman–Crippen MR) is 59.7 cm³/mol. The second kappa shape index (κ2) is 6.80. The van der Waals surface area contributed by atoms with Crippen molar-refractivity contribution in [2.45, 2.75) is 19.8 Å². The van der Waals surface area contributed by atoms with Crippen LogP contribution >= 0.6 is 0 Å². The molecule has 0 aromatic rings. The molecule has 1 saturated heterocycles. The molecule has 4 heteroatoms. The summed E-state index contributed by atoms with van der Waals surface area (Å²) >= 11 is 0. The summed E-state index contributed by atoms with van der Waals surface area (Å²) < 4.78 is 5.24. The van der Waals surface area contributed by atoms with E-state index in [0.717, 1.165) is 32.5 Å². The zero-order valence-electron chi connectivity index (χ0n) is 9.79. The van der Waals surface area contributed by atoms with Gasteiger partial charge < -0.3 is 15.0 Å². The van der Waals surface area contributed by atoms with Gasteiger partial charge in [-0.15, -0.1) is 0 Å². The summed E-state index contributed by atoms with van der Waals surface area (Å²) in [5.74, 6) is 0.495. The normalized spacial score (nSPS) is 17.7. The fourth-order valence-corrected chi connectivity index (χ4v) is 1.84. The van der Waals surface area contributed by atoms with E-state index < -0.39 is 0 Å². The van der Waals surface area contributed by atoms with Crippen molar-refractivity contribution in [3.8, 4) is 0 Å². The first kappa shape index (κ1) is 12.5. The molecule has 1 N–H and O–H groups in total. The average molecular weight is 214 g/mol. The Morgan fingerprint density at radius 3 is 2.73 bits per heavy atom. The molecule has 1 amide bonds. The highest BCUT2D eigenvalue weighted by atomic mass is 16.5. The largest absolute Gasteiger partial charge is 0.380 e. The van der Waals surface area contributed by atoms with E-state index in [0.29, 0.717) is 13.2 Å². The van der Waals surface area contributed by atoms with Gasteiger partial charge >= 0.3 is 0 Å². The van der Waals surface area contributed by atoms with Crippen molar-refractivity contribution in [2.75, 3.05) is 39.9 Å². The number of hydrogen-bond acceptors (Lipinski definition) is 3. The highest BCUT2D eigenvalue weighted by Crippen LogP contribution is 2.14. The van der Waals surface area contributed by atoms with Gasteiger partial charge in [-0.25, -0.2) is 0 Å². The van der Waals surface area contributed by atoms with E-state index in [-0.39, 0.29) is 11.8 Å². The summed E-state index contributed by atoms with van der Waals surface area (Å²) in [6.45, 7) is 5.97. The summed E-state index contributed by atoms with van der Waals surface area (Å²) in [4.78, 5) is 13.7. The van der Waals surface area contributed by atoms with Crippen LogP contribution in [0.25, 0.3) is 0 Å². The van der Waals surface area contributed by atoms with Gasteiger partial charge in [-0.1, -0.05) is 0 Å². The molecule has 0 unspecified atom stereocenters. The average Bonchev–Trinajstić information content (AvgIpc) is 2.29. The lowest BCUT2D eigenvalue weighted by atomic mass is 9.97. The van der Waals surface area contributed by atoms with E-state index >= 15 is 0 Å². The number of nitrogens with one attached hydrogen (secondary N) is 1. The fraction of sp³-hybridized carbons (Fsp3) is 0.909. The van der Waals surface area contributed by atoms with Gasteiger partial charge in [-0.05, 0) is 32.9 Å². The molecule has 1 aliphatic rings. The van der Waals surface area contributed by atoms with E-state index in [9.17, 15) is 4.79 Å². The van der Waals surface area contributed by atoms with Crippen molar-refractivity contribution in [2.24, 2.45) is 5.92 Å². The second-order valence-corrected chi connectivity index (χ2v) is 3.98. The lowest BCUT2D eigenvalue weighted by molar-refractivity contribution is -0.135. The smallest absolute Gasteiger partial charge is 0.225 e. The number of amides is 1. The van der Waals surface area contributed by atoms with Crippen molar-refractivity contribution in [1.82, 2.24) is 10.2 Å². The number of piperidine rings is 1. The van der Waals surface area contributed by atoms with Crippen LogP contribution in [0, 0.1) is 5.92 Å². The molecule has 0 bridgehead atoms. The molecular formula is C11H22N2O2. The summed E-state index contributed by atoms with van der Waals surface area (Å²) in [7, 11) is 1.86. The molecule has 0 aromatic heterocycles. The maximum atomic E-state index is 11.9. The zero-order chi connectivity index (χ0) is 11.1. The van der Waals surface area contributed by atoms with Crippen LogP contribution < -0.4 is 5.32 Å². The quantitative estimate of drug-likeness (QED) is 0.677. The second-order valence-electron chi connectivity index (χ2n) is 3.98. The molecule has 88 valence electrons. The van der Waals surface area contributed by atoms with Crippen molar-refractivity contribution in [3.63, 3.8) is 0 Å². The summed E-state index contributed by atoms with van der Waals surface area (Å²) in [5, 5.41) is 3.27. The standard InChI is InChI=1S/C11H22N2O2/c1-3-15-9-8-13(2)11(14)10-4-6-12-7-5-10/h10,12H,3-9H2,1-2H3. The van der Waals surface area contributed by atoms with Crippen molar-refractivity contribution in [3.05, 3.63) is 0 Å². The monoisotopic (exact) mass is 214 g/mol. The Morgan fingerprint density at radius 1 is 1.47 bits per heavy atom. The topological polar surface area (TPSA) is 41.6 Å². The Kier molecular flexibility index (Phi) is 5.65. The number of ether oxygens (including phenoxy) is 1. The number of carbonyl (C=O) groups excluding carboxylic acids is 1. The van der Waals surface area contributed by atoms with Crippen LogP contribution in [0.15, 0.2) is 0 Å². The van der Waals surface area contributed by atoms with Gasteiger partial charge in [0.05, 0.1) is 6.61 Å². The molecule has 1 aliphatic heterocycles. The molecular weight excluding hydrogens is 192 g/mol. The molecule has 0 saturated carbocycles. The van der Waals surface area contributed by atoms with E-state index in [4.69, 9.17) is 4.74 Å². The lowest BCUT2D eigenvalue weighted by Gasteiger charge is -2.26. The van der Waals surface area contributed by atoms with E-state index in [2.05, 4.69) is 5.32 Å². The van der Waals surface area contributed by atoms with Crippen LogP contribution in [0.2, 0.25) is 0 Å². The first-order valence-electron chi connectivity index (χ1n) is 5.79. The highest BCUT2D eigenvalue weighted by molar-refractivity contribution is 5.78. The molecule has 15 heavy (non-hydrogen) atoms. The highest BCUT2D eigenvalue weighted by Gasteiger charge is 2.23. The Bertz CT molecular complexity index is 191. The number of likely N-dealkylation sites (N-methyl/N-ethyl adjacent to an activating group) is 1. The minimum Gasteiger partial charge on any atom is -0.380 e. The van der Waals surface area contributed by atoms with Gasteiger partial charge in [-0.3, -0.25) is 4.79 Å². The first-order chi connectivity index (χ1) is 7.25. The number of hydrogen-bond donors (Lipinski definition) is 1. The van der Waals surface area contributed by atoms with E-state index in [1.165, 1.54) is 0 Å². The maximum Gasteiger partial charge on any atom is 0.225 e. The van der Waals surface area contributed by atoms with Gasteiger partial charge in [0.25, 0.3) is 0 Å². The van der Waals surface area contributed by atoms with Gasteiger partial charge in [0.1, 0.15) is 0 Å². The van der Waals surface area contributed by atoms with E-state index in [1.54, 1.807) is 4.90 Å². The van der Waals surface area contributed by atoms with Crippen molar-refractivity contribution in [1.29, 1.82) is 0 Å².